The van der Waals surface area contributed by atoms with E-state index in [0.717, 1.165) is 32.3 Å². The number of carboxylic acid groups (broad SMARTS) is 1. The number of aromatic nitrogens is 2. The first-order valence-electron chi connectivity index (χ1n) is 11.5. The number of aliphatic carboxylic acids is 1. The van der Waals surface area contributed by atoms with Crippen molar-refractivity contribution in [2.45, 2.75) is 59.3 Å². The molecular formula is C26H31N3O5S. The standard InChI is InChI=1S/C26H31N3O5S/c1-6-21-23(29-25(35-21)22-16(4)8-7-11-27-22)24(30)28-14-18-12-17(9-10-19(18)33-5)13-20(26(31)32)34-15(2)3/h7-12,15,20H,6,13-14H2,1-5H3,(H,28,30)(H,31,32). The number of thiazole rings is 1. The summed E-state index contributed by atoms with van der Waals surface area (Å²) in [5.41, 5.74) is 3.68. The van der Waals surface area contributed by atoms with Gasteiger partial charge in [0.2, 0.25) is 0 Å². The number of hydrogen-bond donors (Lipinski definition) is 2. The van der Waals surface area contributed by atoms with Crippen molar-refractivity contribution in [1.29, 1.82) is 0 Å². The zero-order valence-corrected chi connectivity index (χ0v) is 21.4. The second kappa shape index (κ2) is 11.9. The van der Waals surface area contributed by atoms with Crippen LogP contribution in [0.5, 0.6) is 5.75 Å². The first-order chi connectivity index (χ1) is 16.7. The molecule has 3 rings (SSSR count). The van der Waals surface area contributed by atoms with Crippen LogP contribution in [-0.4, -0.2) is 46.3 Å². The number of rotatable bonds is 11. The fourth-order valence-corrected chi connectivity index (χ4v) is 4.73. The number of amides is 1. The maximum atomic E-state index is 13.1. The van der Waals surface area contributed by atoms with Crippen molar-refractivity contribution in [2.24, 2.45) is 0 Å². The van der Waals surface area contributed by atoms with E-state index in [1.807, 2.05) is 32.0 Å². The van der Waals surface area contributed by atoms with E-state index in [-0.39, 0.29) is 25.0 Å². The lowest BCUT2D eigenvalue weighted by Gasteiger charge is -2.18. The Bertz CT molecular complexity index is 1190. The van der Waals surface area contributed by atoms with Gasteiger partial charge in [-0.2, -0.15) is 0 Å². The molecule has 2 N–H and O–H groups in total. The summed E-state index contributed by atoms with van der Waals surface area (Å²) in [5, 5.41) is 13.1. The van der Waals surface area contributed by atoms with Crippen LogP contribution in [0.25, 0.3) is 10.7 Å². The highest BCUT2D eigenvalue weighted by molar-refractivity contribution is 7.15. The number of methoxy groups -OCH3 is 1. The molecule has 0 fully saturated rings. The Morgan fingerprint density at radius 1 is 1.23 bits per heavy atom. The van der Waals surface area contributed by atoms with Crippen molar-refractivity contribution < 1.29 is 24.2 Å². The molecule has 2 heterocycles. The summed E-state index contributed by atoms with van der Waals surface area (Å²) in [5.74, 6) is -0.694. The highest BCUT2D eigenvalue weighted by Gasteiger charge is 2.22. The summed E-state index contributed by atoms with van der Waals surface area (Å²) >= 11 is 1.47. The van der Waals surface area contributed by atoms with Gasteiger partial charge in [-0.15, -0.1) is 11.3 Å². The molecule has 3 aromatic rings. The summed E-state index contributed by atoms with van der Waals surface area (Å²) in [6.45, 7) is 7.76. The van der Waals surface area contributed by atoms with Crippen LogP contribution in [0.2, 0.25) is 0 Å². The number of carbonyl (C=O) groups is 2. The molecule has 0 aliphatic heterocycles. The predicted octanol–water partition coefficient (Wildman–Crippen LogP) is 4.44. The molecule has 0 bridgehead atoms. The maximum Gasteiger partial charge on any atom is 0.333 e. The van der Waals surface area contributed by atoms with E-state index in [2.05, 4.69) is 15.3 Å². The fraction of sp³-hybridized carbons (Fsp3) is 0.385. The van der Waals surface area contributed by atoms with Crippen LogP contribution in [0.4, 0.5) is 0 Å². The van der Waals surface area contributed by atoms with E-state index in [9.17, 15) is 14.7 Å². The topological polar surface area (TPSA) is 111 Å². The molecule has 0 saturated carbocycles. The molecule has 8 nitrogen and oxygen atoms in total. The van der Waals surface area contributed by atoms with E-state index in [4.69, 9.17) is 9.47 Å². The van der Waals surface area contributed by atoms with Gasteiger partial charge >= 0.3 is 5.97 Å². The largest absolute Gasteiger partial charge is 0.496 e. The van der Waals surface area contributed by atoms with Crippen LogP contribution in [-0.2, 0) is 28.9 Å². The molecular weight excluding hydrogens is 466 g/mol. The van der Waals surface area contributed by atoms with Gasteiger partial charge in [0.1, 0.15) is 22.1 Å². The summed E-state index contributed by atoms with van der Waals surface area (Å²) < 4.78 is 11.0. The minimum Gasteiger partial charge on any atom is -0.496 e. The first kappa shape index (κ1) is 26.3. The molecule has 35 heavy (non-hydrogen) atoms. The molecule has 0 radical (unpaired) electrons. The molecule has 0 aliphatic rings. The van der Waals surface area contributed by atoms with E-state index in [1.165, 1.54) is 11.3 Å². The molecule has 0 aliphatic carbocycles. The average Bonchev–Trinajstić information content (AvgIpc) is 3.26. The number of aryl methyl sites for hydroxylation is 2. The van der Waals surface area contributed by atoms with Gasteiger partial charge < -0.3 is 19.9 Å². The summed E-state index contributed by atoms with van der Waals surface area (Å²) in [6.07, 6.45) is 1.44. The Hall–Kier alpha value is -3.30. The first-order valence-corrected chi connectivity index (χ1v) is 12.3. The van der Waals surface area contributed by atoms with Crippen molar-refractivity contribution in [1.82, 2.24) is 15.3 Å². The molecule has 1 amide bonds. The number of carboxylic acids is 1. The number of hydrogen-bond acceptors (Lipinski definition) is 7. The molecule has 1 atom stereocenters. The Morgan fingerprint density at radius 3 is 2.63 bits per heavy atom. The van der Waals surface area contributed by atoms with Crippen LogP contribution in [0.15, 0.2) is 36.5 Å². The number of nitrogens with zero attached hydrogens (tertiary/aromatic N) is 2. The maximum absolute atomic E-state index is 13.1. The van der Waals surface area contributed by atoms with Gasteiger partial charge in [-0.1, -0.05) is 25.1 Å². The lowest BCUT2D eigenvalue weighted by molar-refractivity contribution is -0.153. The lowest BCUT2D eigenvalue weighted by atomic mass is 10.0. The minimum atomic E-state index is -1.01. The van der Waals surface area contributed by atoms with Gasteiger partial charge in [0.15, 0.2) is 6.10 Å². The molecule has 0 saturated heterocycles. The van der Waals surface area contributed by atoms with Crippen LogP contribution in [0.3, 0.4) is 0 Å². The zero-order chi connectivity index (χ0) is 25.5. The Balaban J connectivity index is 1.79. The van der Waals surface area contributed by atoms with Gasteiger partial charge in [-0.3, -0.25) is 9.78 Å². The van der Waals surface area contributed by atoms with Gasteiger partial charge in [0.25, 0.3) is 5.91 Å². The smallest absolute Gasteiger partial charge is 0.333 e. The molecule has 0 spiro atoms. The van der Waals surface area contributed by atoms with Gasteiger partial charge in [-0.05, 0) is 50.5 Å². The van der Waals surface area contributed by atoms with Crippen molar-refractivity contribution >= 4 is 23.2 Å². The number of ether oxygens (including phenoxy) is 2. The Morgan fingerprint density at radius 2 is 2.00 bits per heavy atom. The highest BCUT2D eigenvalue weighted by Crippen LogP contribution is 2.29. The van der Waals surface area contributed by atoms with Crippen LogP contribution >= 0.6 is 11.3 Å². The van der Waals surface area contributed by atoms with Crippen LogP contribution in [0.1, 0.15) is 52.8 Å². The van der Waals surface area contributed by atoms with Crippen molar-refractivity contribution in [2.75, 3.05) is 7.11 Å². The third kappa shape index (κ3) is 6.64. The second-order valence-electron chi connectivity index (χ2n) is 8.36. The number of carbonyl (C=O) groups excluding carboxylic acids is 1. The fourth-order valence-electron chi connectivity index (χ4n) is 3.67. The summed E-state index contributed by atoms with van der Waals surface area (Å²) in [6, 6.07) is 9.25. The molecule has 186 valence electrons. The van der Waals surface area contributed by atoms with E-state index >= 15 is 0 Å². The number of benzene rings is 1. The number of pyridine rings is 1. The summed E-state index contributed by atoms with van der Waals surface area (Å²) in [7, 11) is 1.55. The van der Waals surface area contributed by atoms with Crippen LogP contribution < -0.4 is 10.1 Å². The Kier molecular flexibility index (Phi) is 8.95. The lowest BCUT2D eigenvalue weighted by Crippen LogP contribution is -2.29. The van der Waals surface area contributed by atoms with Crippen LogP contribution in [0, 0.1) is 6.92 Å². The van der Waals surface area contributed by atoms with Gasteiger partial charge in [0, 0.05) is 29.6 Å². The third-order valence-electron chi connectivity index (χ3n) is 5.36. The molecule has 2 aromatic heterocycles. The predicted molar refractivity (Wildman–Crippen MR) is 135 cm³/mol. The molecule has 9 heteroatoms. The average molecular weight is 498 g/mol. The van der Waals surface area contributed by atoms with E-state index in [0.29, 0.717) is 17.9 Å². The number of nitrogens with one attached hydrogen (secondary N) is 1. The van der Waals surface area contributed by atoms with Crippen molar-refractivity contribution in [3.05, 3.63) is 63.8 Å². The van der Waals surface area contributed by atoms with Gasteiger partial charge in [0.05, 0.1) is 13.2 Å². The molecule has 1 unspecified atom stereocenters. The normalized spacial score (nSPS) is 11.9. The summed E-state index contributed by atoms with van der Waals surface area (Å²) in [4.78, 5) is 34.6. The quantitative estimate of drug-likeness (QED) is 0.403. The Labute approximate surface area is 209 Å². The van der Waals surface area contributed by atoms with E-state index in [1.54, 1.807) is 39.3 Å². The highest BCUT2D eigenvalue weighted by atomic mass is 32.1. The minimum absolute atomic E-state index is 0.206. The van der Waals surface area contributed by atoms with E-state index < -0.39 is 12.1 Å². The van der Waals surface area contributed by atoms with Crippen molar-refractivity contribution in [3.8, 4) is 16.5 Å². The SMILES string of the molecule is CCc1sc(-c2ncccc2C)nc1C(=O)NCc1cc(CC(OC(C)C)C(=O)O)ccc1OC. The van der Waals surface area contributed by atoms with Gasteiger partial charge in [-0.25, -0.2) is 9.78 Å². The van der Waals surface area contributed by atoms with Crippen molar-refractivity contribution in [3.63, 3.8) is 0 Å². The third-order valence-corrected chi connectivity index (χ3v) is 6.57. The molecule has 1 aromatic carbocycles. The zero-order valence-electron chi connectivity index (χ0n) is 20.6. The monoisotopic (exact) mass is 497 g/mol. The second-order valence-corrected chi connectivity index (χ2v) is 9.44.